The van der Waals surface area contributed by atoms with Crippen LogP contribution in [0.2, 0.25) is 0 Å². The van der Waals surface area contributed by atoms with E-state index in [1.807, 2.05) is 25.1 Å². The van der Waals surface area contributed by atoms with Gasteiger partial charge < -0.3 is 9.30 Å². The third-order valence-electron chi connectivity index (χ3n) is 3.89. The summed E-state index contributed by atoms with van der Waals surface area (Å²) in [5, 5.41) is 0. The van der Waals surface area contributed by atoms with Gasteiger partial charge in [-0.25, -0.2) is 8.42 Å². The summed E-state index contributed by atoms with van der Waals surface area (Å²) in [4.78, 5) is 28.6. The lowest BCUT2D eigenvalue weighted by molar-refractivity contribution is -0.143. The predicted molar refractivity (Wildman–Crippen MR) is 104 cm³/mol. The topological polar surface area (TPSA) is 98.0 Å². The van der Waals surface area contributed by atoms with Crippen LogP contribution in [0.15, 0.2) is 23.2 Å². The highest BCUT2D eigenvalue weighted by atomic mass is 32.2. The van der Waals surface area contributed by atoms with Crippen LogP contribution < -0.4 is 4.80 Å². The standard InChI is InChI=1S/C17H23N3O5S2/c1-5-12-7-8-13-14(9-12)26-17(20(13)11-16(22)25-6-2)18-15(21)10-19(3)27(4,23)24/h7-9H,5-6,10-11H2,1-4H3. The highest BCUT2D eigenvalue weighted by Gasteiger charge is 2.16. The largest absolute Gasteiger partial charge is 0.465 e. The summed E-state index contributed by atoms with van der Waals surface area (Å²) < 4.78 is 31.4. The van der Waals surface area contributed by atoms with E-state index in [1.165, 1.54) is 18.4 Å². The zero-order valence-electron chi connectivity index (χ0n) is 15.8. The molecule has 0 aliphatic rings. The van der Waals surface area contributed by atoms with Crippen molar-refractivity contribution in [2.24, 2.45) is 4.99 Å². The number of likely N-dealkylation sites (N-methyl/N-ethyl adjacent to an activating group) is 1. The Morgan fingerprint density at radius 1 is 1.30 bits per heavy atom. The van der Waals surface area contributed by atoms with Crippen molar-refractivity contribution in [3.05, 3.63) is 28.6 Å². The maximum absolute atomic E-state index is 12.2. The van der Waals surface area contributed by atoms with Crippen LogP contribution in [0.1, 0.15) is 19.4 Å². The summed E-state index contributed by atoms with van der Waals surface area (Å²) >= 11 is 1.28. The number of carbonyl (C=O) groups excluding carboxylic acids is 2. The zero-order chi connectivity index (χ0) is 20.2. The number of rotatable bonds is 7. The number of hydrogen-bond donors (Lipinski definition) is 0. The molecule has 0 N–H and O–H groups in total. The average Bonchev–Trinajstić information content (AvgIpc) is 2.90. The van der Waals surface area contributed by atoms with Gasteiger partial charge in [0.05, 0.1) is 29.6 Å². The maximum Gasteiger partial charge on any atom is 0.326 e. The van der Waals surface area contributed by atoms with Gasteiger partial charge in [-0.15, -0.1) is 0 Å². The number of aryl methyl sites for hydroxylation is 1. The molecule has 0 unspecified atom stereocenters. The Balaban J connectivity index is 2.49. The van der Waals surface area contributed by atoms with Gasteiger partial charge in [0, 0.05) is 7.05 Å². The van der Waals surface area contributed by atoms with Crippen molar-refractivity contribution in [1.82, 2.24) is 8.87 Å². The van der Waals surface area contributed by atoms with Crippen LogP contribution >= 0.6 is 11.3 Å². The lowest BCUT2D eigenvalue weighted by atomic mass is 10.2. The predicted octanol–water partition coefficient (Wildman–Crippen LogP) is 1.15. The smallest absolute Gasteiger partial charge is 0.326 e. The number of benzene rings is 1. The molecule has 2 aromatic rings. The second-order valence-corrected chi connectivity index (χ2v) is 9.05. The molecular weight excluding hydrogens is 390 g/mol. The van der Waals surface area contributed by atoms with E-state index in [1.54, 1.807) is 11.5 Å². The summed E-state index contributed by atoms with van der Waals surface area (Å²) in [6, 6.07) is 5.84. The molecule has 2 rings (SSSR count). The number of carbonyl (C=O) groups is 2. The number of fused-ring (bicyclic) bond motifs is 1. The molecule has 1 amide bonds. The minimum Gasteiger partial charge on any atom is -0.465 e. The lowest BCUT2D eigenvalue weighted by Crippen LogP contribution is -2.32. The van der Waals surface area contributed by atoms with Gasteiger partial charge in [-0.1, -0.05) is 24.3 Å². The first kappa shape index (κ1) is 21.3. The molecule has 27 heavy (non-hydrogen) atoms. The first-order valence-electron chi connectivity index (χ1n) is 8.42. The number of thiazole rings is 1. The third-order valence-corrected chi connectivity index (χ3v) is 6.19. The molecule has 0 radical (unpaired) electrons. The molecule has 1 aromatic heterocycles. The molecule has 0 saturated heterocycles. The fourth-order valence-electron chi connectivity index (χ4n) is 2.36. The fourth-order valence-corrected chi connectivity index (χ4v) is 3.82. The van der Waals surface area contributed by atoms with E-state index in [0.717, 1.165) is 32.8 Å². The van der Waals surface area contributed by atoms with Gasteiger partial charge in [0.2, 0.25) is 10.0 Å². The van der Waals surface area contributed by atoms with Crippen LogP contribution in [-0.2, 0) is 37.3 Å². The molecule has 0 spiro atoms. The maximum atomic E-state index is 12.2. The molecule has 1 aromatic carbocycles. The fraction of sp³-hybridized carbons (Fsp3) is 0.471. The Hall–Kier alpha value is -2.04. The highest BCUT2D eigenvalue weighted by Crippen LogP contribution is 2.20. The summed E-state index contributed by atoms with van der Waals surface area (Å²) in [5.41, 5.74) is 1.90. The Kier molecular flexibility index (Phi) is 6.90. The average molecular weight is 414 g/mol. The summed E-state index contributed by atoms with van der Waals surface area (Å²) in [7, 11) is -2.17. The SMILES string of the molecule is CCOC(=O)Cn1c(=NC(=O)CN(C)S(C)(=O)=O)sc2cc(CC)ccc21. The summed E-state index contributed by atoms with van der Waals surface area (Å²) in [5.74, 6) is -1.04. The normalized spacial score (nSPS) is 12.7. The quantitative estimate of drug-likeness (QED) is 0.634. The lowest BCUT2D eigenvalue weighted by Gasteiger charge is -2.10. The molecule has 148 valence electrons. The van der Waals surface area contributed by atoms with E-state index in [-0.39, 0.29) is 19.7 Å². The number of aromatic nitrogens is 1. The minimum atomic E-state index is -3.49. The number of ether oxygens (including phenoxy) is 1. The van der Waals surface area contributed by atoms with Crippen molar-refractivity contribution in [3.63, 3.8) is 0 Å². The monoisotopic (exact) mass is 413 g/mol. The second kappa shape index (κ2) is 8.77. The van der Waals surface area contributed by atoms with Gasteiger partial charge in [0.15, 0.2) is 4.80 Å². The van der Waals surface area contributed by atoms with Crippen LogP contribution in [-0.4, -0.2) is 55.6 Å². The Morgan fingerprint density at radius 3 is 2.59 bits per heavy atom. The van der Waals surface area contributed by atoms with Crippen LogP contribution in [0.4, 0.5) is 0 Å². The molecule has 0 bridgehead atoms. The van der Waals surface area contributed by atoms with Crippen molar-refractivity contribution in [2.75, 3.05) is 26.5 Å². The number of hydrogen-bond acceptors (Lipinski definition) is 6. The van der Waals surface area contributed by atoms with Gasteiger partial charge in [-0.2, -0.15) is 9.30 Å². The molecule has 0 atom stereocenters. The highest BCUT2D eigenvalue weighted by molar-refractivity contribution is 7.88. The molecule has 8 nitrogen and oxygen atoms in total. The number of esters is 1. The van der Waals surface area contributed by atoms with Gasteiger partial charge in [-0.3, -0.25) is 9.59 Å². The van der Waals surface area contributed by atoms with Crippen molar-refractivity contribution in [3.8, 4) is 0 Å². The van der Waals surface area contributed by atoms with E-state index < -0.39 is 21.9 Å². The van der Waals surface area contributed by atoms with E-state index in [2.05, 4.69) is 4.99 Å². The van der Waals surface area contributed by atoms with Crippen molar-refractivity contribution in [2.45, 2.75) is 26.8 Å². The number of amides is 1. The van der Waals surface area contributed by atoms with E-state index in [4.69, 9.17) is 4.74 Å². The van der Waals surface area contributed by atoms with Crippen LogP contribution in [0.5, 0.6) is 0 Å². The Morgan fingerprint density at radius 2 is 2.00 bits per heavy atom. The summed E-state index contributed by atoms with van der Waals surface area (Å²) in [6.45, 7) is 3.57. The Bertz CT molecular complexity index is 1020. The van der Waals surface area contributed by atoms with Gasteiger partial charge in [0.1, 0.15) is 6.54 Å². The van der Waals surface area contributed by atoms with E-state index in [9.17, 15) is 18.0 Å². The molecule has 0 aliphatic carbocycles. The second-order valence-electron chi connectivity index (χ2n) is 5.96. The van der Waals surface area contributed by atoms with Crippen LogP contribution in [0, 0.1) is 0 Å². The molecule has 0 saturated carbocycles. The van der Waals surface area contributed by atoms with Gasteiger partial charge in [0.25, 0.3) is 5.91 Å². The third kappa shape index (κ3) is 5.47. The minimum absolute atomic E-state index is 0.0761. The first-order chi connectivity index (χ1) is 12.7. The number of sulfonamides is 1. The van der Waals surface area contributed by atoms with Crippen molar-refractivity contribution >= 4 is 43.5 Å². The number of nitrogens with zero attached hydrogens (tertiary/aromatic N) is 3. The van der Waals surface area contributed by atoms with E-state index >= 15 is 0 Å². The Labute approximate surface area is 162 Å². The van der Waals surface area contributed by atoms with Crippen LogP contribution in [0.3, 0.4) is 0 Å². The van der Waals surface area contributed by atoms with Gasteiger partial charge >= 0.3 is 5.97 Å². The van der Waals surface area contributed by atoms with Gasteiger partial charge in [-0.05, 0) is 31.0 Å². The molecule has 0 aliphatic heterocycles. The zero-order valence-corrected chi connectivity index (χ0v) is 17.4. The van der Waals surface area contributed by atoms with Crippen molar-refractivity contribution in [1.29, 1.82) is 0 Å². The molecule has 10 heteroatoms. The molecule has 1 heterocycles. The molecular formula is C17H23N3O5S2. The molecule has 0 fully saturated rings. The summed E-state index contributed by atoms with van der Waals surface area (Å²) in [6.07, 6.45) is 1.88. The first-order valence-corrected chi connectivity index (χ1v) is 11.1. The van der Waals surface area contributed by atoms with Crippen molar-refractivity contribution < 1.29 is 22.7 Å². The van der Waals surface area contributed by atoms with Crippen LogP contribution in [0.25, 0.3) is 10.2 Å². The van der Waals surface area contributed by atoms with E-state index in [0.29, 0.717) is 4.80 Å².